The number of hydrogen-bond acceptors (Lipinski definition) is 9. The summed E-state index contributed by atoms with van der Waals surface area (Å²) < 4.78 is 28.2. The molecular formula is C14H24N3O8P. The highest BCUT2D eigenvalue weighted by Gasteiger charge is 2.44. The van der Waals surface area contributed by atoms with Crippen LogP contribution in [0.25, 0.3) is 0 Å². The van der Waals surface area contributed by atoms with Gasteiger partial charge >= 0.3 is 5.69 Å². The molecule has 2 N–H and O–H groups in total. The zero-order valence-electron chi connectivity index (χ0n) is 14.8. The Balaban J connectivity index is 1.93. The second-order valence-corrected chi connectivity index (χ2v) is 8.36. The summed E-state index contributed by atoms with van der Waals surface area (Å²) in [6.45, 7) is -0.174. The second-order valence-electron chi connectivity index (χ2n) is 6.95. The predicted octanol–water partition coefficient (Wildman–Crippen LogP) is -1.93. The Morgan fingerprint density at radius 1 is 1.35 bits per heavy atom. The zero-order chi connectivity index (χ0) is 19.5. The first-order chi connectivity index (χ1) is 12.0. The van der Waals surface area contributed by atoms with E-state index >= 15 is 0 Å². The third-order valence-corrected chi connectivity index (χ3v) is 4.72. The van der Waals surface area contributed by atoms with Crippen LogP contribution in [0.1, 0.15) is 6.23 Å². The number of ether oxygens (including phenoxy) is 1. The Hall–Kier alpha value is -1.17. The number of hydrogen-bond donors (Lipinski definition) is 2. The Morgan fingerprint density at radius 3 is 2.65 bits per heavy atom. The molecule has 1 aliphatic rings. The molecule has 12 heteroatoms. The van der Waals surface area contributed by atoms with E-state index in [0.29, 0.717) is 11.0 Å². The highest BCUT2D eigenvalue weighted by atomic mass is 31.2. The standard InChI is InChI=1S/C14H24N3O8P/c1-17(2,3)7-8-23-26(21,22)24-9-10-11(18)12(19)13(25-10)16-6-4-5-15-14(16)20/h4-6,10-13,18-19H,7-9H2,1-3H3/t10-,11-,12?,13-/m1/s1. The van der Waals surface area contributed by atoms with E-state index in [2.05, 4.69) is 4.98 Å². The fourth-order valence-electron chi connectivity index (χ4n) is 2.29. The van der Waals surface area contributed by atoms with Crippen LogP contribution in [0.2, 0.25) is 0 Å². The van der Waals surface area contributed by atoms with E-state index in [-0.39, 0.29) is 6.61 Å². The number of aliphatic hydroxyl groups excluding tert-OH is 2. The summed E-state index contributed by atoms with van der Waals surface area (Å²) in [7, 11) is 1.05. The largest absolute Gasteiger partial charge is 0.756 e. The molecule has 0 spiro atoms. The molecule has 1 fully saturated rings. The predicted molar refractivity (Wildman–Crippen MR) is 86.8 cm³/mol. The quantitative estimate of drug-likeness (QED) is 0.381. The molecule has 1 aromatic rings. The van der Waals surface area contributed by atoms with Crippen molar-refractivity contribution in [2.45, 2.75) is 24.5 Å². The molecule has 1 aliphatic heterocycles. The molecule has 1 aromatic heterocycles. The number of rotatable bonds is 8. The fraction of sp³-hybridized carbons (Fsp3) is 0.714. The fourth-order valence-corrected chi connectivity index (χ4v) is 3.00. The van der Waals surface area contributed by atoms with E-state index in [4.69, 9.17) is 13.8 Å². The lowest BCUT2D eigenvalue weighted by Crippen LogP contribution is -2.38. The number of phosphoric acid groups is 1. The van der Waals surface area contributed by atoms with E-state index in [1.165, 1.54) is 18.5 Å². The van der Waals surface area contributed by atoms with Gasteiger partial charge in [-0.3, -0.25) is 9.13 Å². The summed E-state index contributed by atoms with van der Waals surface area (Å²) in [5.41, 5.74) is -0.677. The van der Waals surface area contributed by atoms with Crippen molar-refractivity contribution >= 4 is 7.82 Å². The van der Waals surface area contributed by atoms with Gasteiger partial charge in [-0.25, -0.2) is 9.78 Å². The summed E-state index contributed by atoms with van der Waals surface area (Å²) >= 11 is 0. The van der Waals surface area contributed by atoms with Gasteiger partial charge in [0.05, 0.1) is 27.7 Å². The van der Waals surface area contributed by atoms with Crippen LogP contribution < -0.4 is 10.6 Å². The highest BCUT2D eigenvalue weighted by molar-refractivity contribution is 7.45. The molecule has 0 radical (unpaired) electrons. The van der Waals surface area contributed by atoms with Crippen molar-refractivity contribution in [2.75, 3.05) is 40.9 Å². The number of phosphoric ester groups is 1. The number of likely N-dealkylation sites (N-methyl/N-ethyl adjacent to an activating group) is 1. The Kier molecular flexibility index (Phi) is 6.70. The number of aromatic nitrogens is 2. The second kappa shape index (κ2) is 8.24. The van der Waals surface area contributed by atoms with Gasteiger partial charge in [-0.15, -0.1) is 0 Å². The average molecular weight is 393 g/mol. The molecule has 5 atom stereocenters. The van der Waals surface area contributed by atoms with Crippen molar-refractivity contribution in [1.29, 1.82) is 0 Å². The smallest absolute Gasteiger partial charge is 0.349 e. The minimum Gasteiger partial charge on any atom is -0.756 e. The summed E-state index contributed by atoms with van der Waals surface area (Å²) in [5.74, 6) is 0. The molecule has 0 amide bonds. The van der Waals surface area contributed by atoms with Crippen LogP contribution in [0.3, 0.4) is 0 Å². The van der Waals surface area contributed by atoms with Gasteiger partial charge in [-0.2, -0.15) is 0 Å². The summed E-state index contributed by atoms with van der Waals surface area (Å²) in [6, 6.07) is 1.46. The maximum Gasteiger partial charge on any atom is 0.349 e. The van der Waals surface area contributed by atoms with Crippen molar-refractivity contribution in [3.63, 3.8) is 0 Å². The lowest BCUT2D eigenvalue weighted by molar-refractivity contribution is -0.870. The van der Waals surface area contributed by atoms with E-state index in [1.807, 2.05) is 21.1 Å². The van der Waals surface area contributed by atoms with Gasteiger partial charge in [0.1, 0.15) is 31.5 Å². The molecule has 2 heterocycles. The van der Waals surface area contributed by atoms with Gasteiger partial charge in [-0.05, 0) is 6.07 Å². The van der Waals surface area contributed by atoms with Gasteiger partial charge in [-0.1, -0.05) is 0 Å². The normalized spacial score (nSPS) is 28.8. The van der Waals surface area contributed by atoms with Crippen LogP contribution >= 0.6 is 7.82 Å². The lowest BCUT2D eigenvalue weighted by Gasteiger charge is -2.28. The first-order valence-corrected chi connectivity index (χ1v) is 9.41. The van der Waals surface area contributed by atoms with Crippen LogP contribution in [0.5, 0.6) is 0 Å². The van der Waals surface area contributed by atoms with Crippen molar-refractivity contribution in [2.24, 2.45) is 0 Å². The van der Waals surface area contributed by atoms with E-state index in [9.17, 15) is 24.5 Å². The van der Waals surface area contributed by atoms with Crippen LogP contribution in [-0.4, -0.2) is 83.5 Å². The molecule has 0 bridgehead atoms. The Labute approximate surface area is 150 Å². The molecule has 148 valence electrons. The van der Waals surface area contributed by atoms with Gasteiger partial charge in [0, 0.05) is 12.4 Å². The topological polar surface area (TPSA) is 143 Å². The van der Waals surface area contributed by atoms with E-state index < -0.39 is 44.7 Å². The van der Waals surface area contributed by atoms with Crippen molar-refractivity contribution in [1.82, 2.24) is 9.55 Å². The summed E-state index contributed by atoms with van der Waals surface area (Å²) in [5, 5.41) is 20.1. The van der Waals surface area contributed by atoms with Crippen molar-refractivity contribution < 1.29 is 37.9 Å². The van der Waals surface area contributed by atoms with Crippen LogP contribution in [0.15, 0.2) is 23.3 Å². The molecule has 26 heavy (non-hydrogen) atoms. The first kappa shape index (κ1) is 21.1. The van der Waals surface area contributed by atoms with Gasteiger partial charge in [0.25, 0.3) is 7.82 Å². The molecule has 11 nitrogen and oxygen atoms in total. The number of quaternary nitrogens is 1. The minimum atomic E-state index is -4.59. The van der Waals surface area contributed by atoms with Gasteiger partial charge in [0.15, 0.2) is 6.23 Å². The van der Waals surface area contributed by atoms with Gasteiger partial charge in [0.2, 0.25) is 0 Å². The minimum absolute atomic E-state index is 0.0608. The third-order valence-electron chi connectivity index (χ3n) is 3.76. The summed E-state index contributed by atoms with van der Waals surface area (Å²) in [4.78, 5) is 27.0. The third kappa shape index (κ3) is 5.66. The number of nitrogens with zero attached hydrogens (tertiary/aromatic N) is 3. The maximum atomic E-state index is 11.8. The Bertz CT molecular complexity index is 706. The molecule has 0 saturated carbocycles. The highest BCUT2D eigenvalue weighted by Crippen LogP contribution is 2.40. The monoisotopic (exact) mass is 393 g/mol. The SMILES string of the molecule is C[N+](C)(C)CCOP(=O)([O-])OC[C@H]1O[C@@H](n2cccnc2=O)C(O)[C@@H]1O. The molecule has 2 rings (SSSR count). The molecule has 2 unspecified atom stereocenters. The number of aliphatic hydroxyl groups is 2. The van der Waals surface area contributed by atoms with Crippen molar-refractivity contribution in [3.8, 4) is 0 Å². The zero-order valence-corrected chi connectivity index (χ0v) is 15.7. The van der Waals surface area contributed by atoms with Crippen LogP contribution in [0, 0.1) is 0 Å². The van der Waals surface area contributed by atoms with Crippen LogP contribution in [0.4, 0.5) is 0 Å². The maximum absolute atomic E-state index is 11.8. The van der Waals surface area contributed by atoms with E-state index in [1.54, 1.807) is 0 Å². The summed E-state index contributed by atoms with van der Waals surface area (Å²) in [6.07, 6.45) is -2.64. The molecule has 0 aliphatic carbocycles. The van der Waals surface area contributed by atoms with Crippen molar-refractivity contribution in [3.05, 3.63) is 28.9 Å². The lowest BCUT2D eigenvalue weighted by atomic mass is 10.1. The Morgan fingerprint density at radius 2 is 2.04 bits per heavy atom. The van der Waals surface area contributed by atoms with Gasteiger partial charge < -0.3 is 33.4 Å². The first-order valence-electron chi connectivity index (χ1n) is 7.95. The van der Waals surface area contributed by atoms with Crippen LogP contribution in [-0.2, 0) is 18.3 Å². The average Bonchev–Trinajstić information content (AvgIpc) is 2.80. The van der Waals surface area contributed by atoms with E-state index in [0.717, 1.165) is 4.57 Å². The molecular weight excluding hydrogens is 369 g/mol. The molecule has 1 saturated heterocycles. The molecule has 0 aromatic carbocycles.